The van der Waals surface area contributed by atoms with Crippen molar-refractivity contribution >= 4 is 11.3 Å². The summed E-state index contributed by atoms with van der Waals surface area (Å²) >= 11 is 1.70. The van der Waals surface area contributed by atoms with Gasteiger partial charge in [0.1, 0.15) is 16.9 Å². The van der Waals surface area contributed by atoms with Crippen LogP contribution in [0, 0.1) is 13.8 Å². The molecule has 0 spiro atoms. The molecule has 0 radical (unpaired) electrons. The Balaban J connectivity index is 1.71. The van der Waals surface area contributed by atoms with Crippen LogP contribution in [0.15, 0.2) is 17.6 Å². The van der Waals surface area contributed by atoms with E-state index in [0.29, 0.717) is 0 Å². The SMILES string of the molecule is Cc1cc([C@@H]2CN(Cc3nccs3)CCO2)nc(C)n1. The van der Waals surface area contributed by atoms with E-state index in [-0.39, 0.29) is 6.10 Å². The quantitative estimate of drug-likeness (QED) is 0.866. The standard InChI is InChI=1S/C14H18N4OS/c1-10-7-12(17-11(2)16-10)13-8-18(4-5-19-13)9-14-15-3-6-20-14/h3,6-7,13H,4-5,8-9H2,1-2H3/t13-/m0/s1. The Morgan fingerprint density at radius 2 is 2.30 bits per heavy atom. The van der Waals surface area contributed by atoms with Crippen molar-refractivity contribution in [3.05, 3.63) is 39.9 Å². The van der Waals surface area contributed by atoms with Gasteiger partial charge in [0.2, 0.25) is 0 Å². The highest BCUT2D eigenvalue weighted by molar-refractivity contribution is 7.09. The van der Waals surface area contributed by atoms with Crippen molar-refractivity contribution in [3.8, 4) is 0 Å². The van der Waals surface area contributed by atoms with Crippen LogP contribution in [0.3, 0.4) is 0 Å². The van der Waals surface area contributed by atoms with E-state index < -0.39 is 0 Å². The van der Waals surface area contributed by atoms with Crippen LogP contribution in [0.4, 0.5) is 0 Å². The summed E-state index contributed by atoms with van der Waals surface area (Å²) in [5.74, 6) is 0.806. The lowest BCUT2D eigenvalue weighted by Crippen LogP contribution is -2.38. The van der Waals surface area contributed by atoms with Crippen LogP contribution in [0.25, 0.3) is 0 Å². The second-order valence-corrected chi connectivity index (χ2v) is 5.98. The minimum Gasteiger partial charge on any atom is -0.369 e. The Morgan fingerprint density at radius 1 is 1.40 bits per heavy atom. The molecule has 6 heteroatoms. The molecule has 3 heterocycles. The van der Waals surface area contributed by atoms with Crippen LogP contribution in [0.5, 0.6) is 0 Å². The lowest BCUT2D eigenvalue weighted by Gasteiger charge is -2.32. The van der Waals surface area contributed by atoms with Crippen LogP contribution >= 0.6 is 11.3 Å². The third-order valence-electron chi connectivity index (χ3n) is 3.31. The maximum atomic E-state index is 5.87. The molecular weight excluding hydrogens is 272 g/mol. The van der Waals surface area contributed by atoms with Gasteiger partial charge in [-0.05, 0) is 19.9 Å². The van der Waals surface area contributed by atoms with Crippen LogP contribution in [-0.2, 0) is 11.3 Å². The Morgan fingerprint density at radius 3 is 3.05 bits per heavy atom. The molecule has 3 rings (SSSR count). The fraction of sp³-hybridized carbons (Fsp3) is 0.500. The summed E-state index contributed by atoms with van der Waals surface area (Å²) in [5.41, 5.74) is 1.98. The van der Waals surface area contributed by atoms with Gasteiger partial charge in [0, 0.05) is 30.4 Å². The van der Waals surface area contributed by atoms with Gasteiger partial charge >= 0.3 is 0 Å². The van der Waals surface area contributed by atoms with Crippen molar-refractivity contribution in [1.82, 2.24) is 19.9 Å². The Bertz CT molecular complexity index is 552. The van der Waals surface area contributed by atoms with Gasteiger partial charge < -0.3 is 4.74 Å². The monoisotopic (exact) mass is 290 g/mol. The summed E-state index contributed by atoms with van der Waals surface area (Å²) < 4.78 is 5.87. The highest BCUT2D eigenvalue weighted by atomic mass is 32.1. The summed E-state index contributed by atoms with van der Waals surface area (Å²) in [4.78, 5) is 15.6. The molecule has 0 unspecified atom stereocenters. The van der Waals surface area contributed by atoms with Crippen LogP contribution in [0.2, 0.25) is 0 Å². The first-order valence-electron chi connectivity index (χ1n) is 6.75. The molecule has 0 saturated carbocycles. The zero-order valence-corrected chi connectivity index (χ0v) is 12.6. The number of thiazole rings is 1. The topological polar surface area (TPSA) is 51.1 Å². The van der Waals surface area contributed by atoms with E-state index in [1.54, 1.807) is 11.3 Å². The third kappa shape index (κ3) is 3.20. The smallest absolute Gasteiger partial charge is 0.125 e. The van der Waals surface area contributed by atoms with Gasteiger partial charge in [0.25, 0.3) is 0 Å². The van der Waals surface area contributed by atoms with Crippen molar-refractivity contribution in [1.29, 1.82) is 0 Å². The number of morpholine rings is 1. The van der Waals surface area contributed by atoms with E-state index in [0.717, 1.165) is 48.5 Å². The molecule has 0 aromatic carbocycles. The highest BCUT2D eigenvalue weighted by Gasteiger charge is 2.24. The Kier molecular flexibility index (Phi) is 4.05. The maximum absolute atomic E-state index is 5.87. The number of nitrogens with zero attached hydrogens (tertiary/aromatic N) is 4. The zero-order valence-electron chi connectivity index (χ0n) is 11.7. The fourth-order valence-corrected chi connectivity index (χ4v) is 3.12. The highest BCUT2D eigenvalue weighted by Crippen LogP contribution is 2.22. The number of aromatic nitrogens is 3. The molecule has 20 heavy (non-hydrogen) atoms. The lowest BCUT2D eigenvalue weighted by atomic mass is 10.2. The molecule has 1 saturated heterocycles. The first-order valence-corrected chi connectivity index (χ1v) is 7.63. The van der Waals surface area contributed by atoms with Crippen molar-refractivity contribution in [2.24, 2.45) is 0 Å². The van der Waals surface area contributed by atoms with Crippen molar-refractivity contribution < 1.29 is 4.74 Å². The average Bonchev–Trinajstić information content (AvgIpc) is 2.91. The van der Waals surface area contributed by atoms with Gasteiger partial charge in [-0.15, -0.1) is 11.3 Å². The molecule has 106 valence electrons. The van der Waals surface area contributed by atoms with Gasteiger partial charge in [0.05, 0.1) is 18.8 Å². The third-order valence-corrected chi connectivity index (χ3v) is 4.07. The molecule has 1 aliphatic rings. The van der Waals surface area contributed by atoms with Crippen molar-refractivity contribution in [3.63, 3.8) is 0 Å². The van der Waals surface area contributed by atoms with E-state index >= 15 is 0 Å². The lowest BCUT2D eigenvalue weighted by molar-refractivity contribution is -0.0351. The zero-order chi connectivity index (χ0) is 13.9. The maximum Gasteiger partial charge on any atom is 0.125 e. The van der Waals surface area contributed by atoms with E-state index in [2.05, 4.69) is 19.9 Å². The average molecular weight is 290 g/mol. The van der Waals surface area contributed by atoms with Gasteiger partial charge in [-0.25, -0.2) is 15.0 Å². The summed E-state index contributed by atoms with van der Waals surface area (Å²) in [6.07, 6.45) is 1.89. The summed E-state index contributed by atoms with van der Waals surface area (Å²) in [6, 6.07) is 2.02. The van der Waals surface area contributed by atoms with Crippen LogP contribution in [0.1, 0.15) is 28.3 Å². The van der Waals surface area contributed by atoms with Crippen molar-refractivity contribution in [2.45, 2.75) is 26.5 Å². The van der Waals surface area contributed by atoms with Crippen molar-refractivity contribution in [2.75, 3.05) is 19.7 Å². The number of rotatable bonds is 3. The molecule has 1 aliphatic heterocycles. The number of ether oxygens (including phenoxy) is 1. The van der Waals surface area contributed by atoms with E-state index in [4.69, 9.17) is 4.74 Å². The van der Waals surface area contributed by atoms with E-state index in [1.165, 1.54) is 0 Å². The minimum absolute atomic E-state index is 0.0316. The number of aryl methyl sites for hydroxylation is 2. The molecule has 5 nitrogen and oxygen atoms in total. The molecular formula is C14H18N4OS. The summed E-state index contributed by atoms with van der Waals surface area (Å²) in [5, 5.41) is 3.17. The Hall–Kier alpha value is -1.37. The van der Waals surface area contributed by atoms with Gasteiger partial charge in [0.15, 0.2) is 0 Å². The van der Waals surface area contributed by atoms with Crippen LogP contribution in [-0.4, -0.2) is 39.5 Å². The predicted molar refractivity (Wildman–Crippen MR) is 77.6 cm³/mol. The number of hydrogen-bond acceptors (Lipinski definition) is 6. The summed E-state index contributed by atoms with van der Waals surface area (Å²) in [7, 11) is 0. The normalized spacial score (nSPS) is 20.2. The first-order chi connectivity index (χ1) is 9.70. The first kappa shape index (κ1) is 13.6. The molecule has 1 fully saturated rings. The summed E-state index contributed by atoms with van der Waals surface area (Å²) in [6.45, 7) is 7.34. The largest absolute Gasteiger partial charge is 0.369 e. The van der Waals surface area contributed by atoms with Gasteiger partial charge in [-0.1, -0.05) is 0 Å². The molecule has 2 aromatic rings. The van der Waals surface area contributed by atoms with E-state index in [9.17, 15) is 0 Å². The molecule has 0 N–H and O–H groups in total. The molecule has 1 atom stereocenters. The second-order valence-electron chi connectivity index (χ2n) is 5.00. The molecule has 0 amide bonds. The molecule has 2 aromatic heterocycles. The predicted octanol–water partition coefficient (Wildman–Crippen LogP) is 2.12. The number of hydrogen-bond donors (Lipinski definition) is 0. The second kappa shape index (κ2) is 5.95. The molecule has 0 bridgehead atoms. The minimum atomic E-state index is 0.0316. The Labute approximate surface area is 122 Å². The van der Waals surface area contributed by atoms with Crippen LogP contribution < -0.4 is 0 Å². The van der Waals surface area contributed by atoms with Gasteiger partial charge in [-0.3, -0.25) is 4.90 Å². The molecule has 0 aliphatic carbocycles. The van der Waals surface area contributed by atoms with E-state index in [1.807, 2.05) is 31.5 Å². The van der Waals surface area contributed by atoms with Gasteiger partial charge in [-0.2, -0.15) is 0 Å². The fourth-order valence-electron chi connectivity index (χ4n) is 2.46.